The molecule has 4 aromatic rings. The summed E-state index contributed by atoms with van der Waals surface area (Å²) in [5.41, 5.74) is 2.25. The first kappa shape index (κ1) is 18.7. The number of esters is 1. The number of hydrogen-bond acceptors (Lipinski definition) is 8. The lowest BCUT2D eigenvalue weighted by atomic mass is 10.2. The molecule has 0 bridgehead atoms. The van der Waals surface area contributed by atoms with Crippen molar-refractivity contribution in [2.75, 3.05) is 11.9 Å². The molecule has 2 aromatic carbocycles. The number of anilines is 1. The van der Waals surface area contributed by atoms with Crippen LogP contribution < -0.4 is 10.7 Å². The van der Waals surface area contributed by atoms with Crippen LogP contribution in [0.5, 0.6) is 0 Å². The van der Waals surface area contributed by atoms with Gasteiger partial charge in [-0.25, -0.2) is 0 Å². The summed E-state index contributed by atoms with van der Waals surface area (Å²) in [6, 6.07) is 12.3. The van der Waals surface area contributed by atoms with Crippen molar-refractivity contribution in [3.05, 3.63) is 58.9 Å². The standard InChI is InChI=1S/C19H15N5O4S/c25-16-10-20-24(15-7-2-1-4-12(15)16)9-8-18(27)28-11-17(26)21-13-5-3-6-14-19(13)23-29-22-14/h1-7,10H,8-9,11H2,(H,21,26). The molecule has 9 nitrogen and oxygen atoms in total. The van der Waals surface area contributed by atoms with E-state index < -0.39 is 18.5 Å². The number of carbonyl (C=O) groups is 2. The second kappa shape index (κ2) is 8.15. The van der Waals surface area contributed by atoms with E-state index in [0.717, 1.165) is 11.7 Å². The molecule has 0 radical (unpaired) electrons. The fourth-order valence-electron chi connectivity index (χ4n) is 2.85. The van der Waals surface area contributed by atoms with Crippen LogP contribution in [0.2, 0.25) is 0 Å². The molecule has 0 aliphatic heterocycles. The van der Waals surface area contributed by atoms with Gasteiger partial charge in [0, 0.05) is 5.39 Å². The highest BCUT2D eigenvalue weighted by Gasteiger charge is 2.12. The number of nitrogens with one attached hydrogen (secondary N) is 1. The monoisotopic (exact) mass is 409 g/mol. The van der Waals surface area contributed by atoms with Crippen LogP contribution in [-0.4, -0.2) is 37.0 Å². The average Bonchev–Trinajstić information content (AvgIpc) is 3.22. The van der Waals surface area contributed by atoms with Crippen molar-refractivity contribution in [2.24, 2.45) is 0 Å². The van der Waals surface area contributed by atoms with Crippen molar-refractivity contribution < 1.29 is 14.3 Å². The van der Waals surface area contributed by atoms with E-state index in [9.17, 15) is 14.4 Å². The van der Waals surface area contributed by atoms with Gasteiger partial charge in [-0.2, -0.15) is 13.8 Å². The first-order valence-corrected chi connectivity index (χ1v) is 9.46. The topological polar surface area (TPSA) is 116 Å². The summed E-state index contributed by atoms with van der Waals surface area (Å²) < 4.78 is 14.8. The molecule has 1 amide bonds. The lowest BCUT2D eigenvalue weighted by molar-refractivity contribution is -0.147. The summed E-state index contributed by atoms with van der Waals surface area (Å²) in [4.78, 5) is 35.9. The minimum Gasteiger partial charge on any atom is -0.456 e. The van der Waals surface area contributed by atoms with Crippen molar-refractivity contribution in [3.8, 4) is 0 Å². The highest BCUT2D eigenvalue weighted by atomic mass is 32.1. The number of aryl methyl sites for hydroxylation is 1. The number of hydrogen-bond donors (Lipinski definition) is 1. The summed E-state index contributed by atoms with van der Waals surface area (Å²) in [6.07, 6.45) is 1.23. The van der Waals surface area contributed by atoms with Gasteiger partial charge in [-0.05, 0) is 24.3 Å². The molecule has 0 saturated heterocycles. The normalized spacial score (nSPS) is 10.9. The van der Waals surface area contributed by atoms with Gasteiger partial charge < -0.3 is 10.1 Å². The van der Waals surface area contributed by atoms with Crippen LogP contribution >= 0.6 is 11.7 Å². The van der Waals surface area contributed by atoms with Crippen LogP contribution in [0.3, 0.4) is 0 Å². The highest BCUT2D eigenvalue weighted by Crippen LogP contribution is 2.20. The van der Waals surface area contributed by atoms with Crippen molar-refractivity contribution in [1.29, 1.82) is 0 Å². The second-order valence-corrected chi connectivity index (χ2v) is 6.67. The minimum atomic E-state index is -0.543. The Hall–Kier alpha value is -3.66. The van der Waals surface area contributed by atoms with Crippen LogP contribution in [0.1, 0.15) is 6.42 Å². The maximum atomic E-state index is 12.1. The van der Waals surface area contributed by atoms with E-state index in [1.165, 1.54) is 6.20 Å². The van der Waals surface area contributed by atoms with E-state index in [1.807, 2.05) is 0 Å². The molecule has 146 valence electrons. The number of aromatic nitrogens is 4. The first-order chi connectivity index (χ1) is 14.1. The summed E-state index contributed by atoms with van der Waals surface area (Å²) >= 11 is 1.05. The molecule has 2 aromatic heterocycles. The first-order valence-electron chi connectivity index (χ1n) is 8.73. The number of fused-ring (bicyclic) bond motifs is 2. The fraction of sp³-hybridized carbons (Fsp3) is 0.158. The van der Waals surface area contributed by atoms with Crippen LogP contribution in [0.15, 0.2) is 53.5 Å². The lowest BCUT2D eigenvalue weighted by Gasteiger charge is -2.09. The van der Waals surface area contributed by atoms with Crippen LogP contribution in [0, 0.1) is 0 Å². The predicted molar refractivity (Wildman–Crippen MR) is 108 cm³/mol. The molecule has 4 rings (SSSR count). The number of para-hydroxylation sites is 1. The zero-order valence-electron chi connectivity index (χ0n) is 15.1. The van der Waals surface area contributed by atoms with E-state index in [-0.39, 0.29) is 18.4 Å². The molecule has 0 spiro atoms. The Bertz CT molecular complexity index is 1270. The number of nitrogens with zero attached hydrogens (tertiary/aromatic N) is 4. The Morgan fingerprint density at radius 3 is 2.86 bits per heavy atom. The van der Waals surface area contributed by atoms with Gasteiger partial charge in [0.15, 0.2) is 6.61 Å². The number of benzene rings is 2. The maximum Gasteiger partial charge on any atom is 0.308 e. The van der Waals surface area contributed by atoms with Crippen LogP contribution in [0.4, 0.5) is 5.69 Å². The van der Waals surface area contributed by atoms with Gasteiger partial charge in [0.1, 0.15) is 11.0 Å². The number of amides is 1. The van der Waals surface area contributed by atoms with Crippen molar-refractivity contribution >= 4 is 51.2 Å². The molecule has 0 unspecified atom stereocenters. The van der Waals surface area contributed by atoms with Gasteiger partial charge in [-0.1, -0.05) is 18.2 Å². The third-order valence-electron chi connectivity index (χ3n) is 4.21. The largest absolute Gasteiger partial charge is 0.456 e. The summed E-state index contributed by atoms with van der Waals surface area (Å²) in [6.45, 7) is -0.184. The Balaban J connectivity index is 1.33. The molecule has 0 saturated carbocycles. The quantitative estimate of drug-likeness (QED) is 0.484. The SMILES string of the molecule is O=C(COC(=O)CCn1ncc(=O)c2ccccc21)Nc1cccc2nsnc12. The Labute approximate surface area is 168 Å². The fourth-order valence-corrected chi connectivity index (χ4v) is 3.40. The number of rotatable bonds is 6. The summed E-state index contributed by atoms with van der Waals surface area (Å²) in [5, 5.41) is 7.25. The maximum absolute atomic E-state index is 12.1. The van der Waals surface area contributed by atoms with Gasteiger partial charge in [0.25, 0.3) is 5.91 Å². The second-order valence-electron chi connectivity index (χ2n) is 6.15. The number of carbonyl (C=O) groups excluding carboxylic acids is 2. The van der Waals surface area contributed by atoms with E-state index in [2.05, 4.69) is 19.2 Å². The smallest absolute Gasteiger partial charge is 0.308 e. The molecular weight excluding hydrogens is 394 g/mol. The van der Waals surface area contributed by atoms with Crippen molar-refractivity contribution in [2.45, 2.75) is 13.0 Å². The molecule has 2 heterocycles. The molecule has 1 N–H and O–H groups in total. The molecule has 29 heavy (non-hydrogen) atoms. The van der Waals surface area contributed by atoms with Crippen LogP contribution in [-0.2, 0) is 20.9 Å². The lowest BCUT2D eigenvalue weighted by Crippen LogP contribution is -2.22. The third kappa shape index (κ3) is 4.11. The van der Waals surface area contributed by atoms with Gasteiger partial charge in [0.05, 0.1) is 42.1 Å². The van der Waals surface area contributed by atoms with Crippen molar-refractivity contribution in [1.82, 2.24) is 18.5 Å². The van der Waals surface area contributed by atoms with Gasteiger partial charge in [-0.15, -0.1) is 0 Å². The zero-order valence-corrected chi connectivity index (χ0v) is 15.9. The van der Waals surface area contributed by atoms with E-state index in [1.54, 1.807) is 47.1 Å². The summed E-state index contributed by atoms with van der Waals surface area (Å²) in [5.74, 6) is -1.01. The van der Waals surface area contributed by atoms with Gasteiger partial charge in [-0.3, -0.25) is 19.1 Å². The molecule has 0 atom stereocenters. The van der Waals surface area contributed by atoms with E-state index in [0.29, 0.717) is 27.6 Å². The molecule has 0 fully saturated rings. The molecule has 0 aliphatic rings. The van der Waals surface area contributed by atoms with Crippen LogP contribution in [0.25, 0.3) is 21.9 Å². The predicted octanol–water partition coefficient (Wildman–Crippen LogP) is 1.97. The average molecular weight is 409 g/mol. The minimum absolute atomic E-state index is 0.0126. The summed E-state index contributed by atoms with van der Waals surface area (Å²) in [7, 11) is 0. The third-order valence-corrected chi connectivity index (χ3v) is 4.76. The Kier molecular flexibility index (Phi) is 5.25. The van der Waals surface area contributed by atoms with E-state index in [4.69, 9.17) is 4.74 Å². The van der Waals surface area contributed by atoms with Gasteiger partial charge in [0.2, 0.25) is 5.43 Å². The van der Waals surface area contributed by atoms with Gasteiger partial charge >= 0.3 is 5.97 Å². The highest BCUT2D eigenvalue weighted by molar-refractivity contribution is 7.00. The Morgan fingerprint density at radius 1 is 1.10 bits per heavy atom. The molecule has 0 aliphatic carbocycles. The Morgan fingerprint density at radius 2 is 1.97 bits per heavy atom. The zero-order chi connectivity index (χ0) is 20.2. The van der Waals surface area contributed by atoms with E-state index >= 15 is 0 Å². The number of ether oxygens (including phenoxy) is 1. The molecular formula is C19H15N5O4S. The molecule has 10 heteroatoms. The van der Waals surface area contributed by atoms with Crippen molar-refractivity contribution in [3.63, 3.8) is 0 Å².